The van der Waals surface area contributed by atoms with Gasteiger partial charge in [-0.25, -0.2) is 9.13 Å². The van der Waals surface area contributed by atoms with Gasteiger partial charge in [0.05, 0.1) is 12.7 Å². The van der Waals surface area contributed by atoms with E-state index in [4.69, 9.17) is 19.6 Å². The highest BCUT2D eigenvalue weighted by Gasteiger charge is 2.21. The lowest BCUT2D eigenvalue weighted by Gasteiger charge is -2.17. The zero-order valence-electron chi connectivity index (χ0n) is 10.8. The molecule has 0 spiro atoms. The van der Waals surface area contributed by atoms with Gasteiger partial charge in [-0.05, 0) is 19.3 Å². The smallest absolute Gasteiger partial charge is 0.303 e. The second-order valence-corrected chi connectivity index (χ2v) is 6.61. The molecule has 8 nitrogen and oxygen atoms in total. The standard InChI is InChI=1S/C9H22O8P2/c1-2-6-9(17-19(13,14)15)7-4-3-5-8-16-18(10,11)12/h9H,2-8H2,1H3,(H2,10,11,12)(H2,13,14,15). The van der Waals surface area contributed by atoms with Crippen LogP contribution in [-0.4, -0.2) is 32.3 Å². The number of unbranched alkanes of at least 4 members (excludes halogenated alkanes) is 2. The highest BCUT2D eigenvalue weighted by molar-refractivity contribution is 7.46. The first-order valence-electron chi connectivity index (χ1n) is 6.08. The molecule has 4 N–H and O–H groups in total. The highest BCUT2D eigenvalue weighted by atomic mass is 31.2. The van der Waals surface area contributed by atoms with E-state index in [2.05, 4.69) is 9.05 Å². The summed E-state index contributed by atoms with van der Waals surface area (Å²) in [4.78, 5) is 34.3. The van der Waals surface area contributed by atoms with Gasteiger partial charge in [0, 0.05) is 0 Å². The summed E-state index contributed by atoms with van der Waals surface area (Å²) in [5.74, 6) is 0. The lowest BCUT2D eigenvalue weighted by Crippen LogP contribution is -2.11. The van der Waals surface area contributed by atoms with Crippen molar-refractivity contribution in [3.63, 3.8) is 0 Å². The summed E-state index contributed by atoms with van der Waals surface area (Å²) in [6.07, 6.45) is 3.08. The van der Waals surface area contributed by atoms with Crippen LogP contribution in [0.5, 0.6) is 0 Å². The van der Waals surface area contributed by atoms with Crippen LogP contribution in [0.15, 0.2) is 0 Å². The third-order valence-electron chi connectivity index (χ3n) is 2.33. The van der Waals surface area contributed by atoms with Crippen LogP contribution in [0, 0.1) is 0 Å². The Balaban J connectivity index is 3.76. The van der Waals surface area contributed by atoms with Crippen molar-refractivity contribution < 1.29 is 37.8 Å². The maximum Gasteiger partial charge on any atom is 0.469 e. The van der Waals surface area contributed by atoms with Crippen molar-refractivity contribution in [3.05, 3.63) is 0 Å². The number of phosphoric ester groups is 2. The number of rotatable bonds is 11. The van der Waals surface area contributed by atoms with Crippen molar-refractivity contribution in [3.8, 4) is 0 Å². The molecule has 0 radical (unpaired) electrons. The van der Waals surface area contributed by atoms with Crippen molar-refractivity contribution in [2.75, 3.05) is 6.61 Å². The predicted octanol–water partition coefficient (Wildman–Crippen LogP) is 1.93. The molecule has 0 aromatic carbocycles. The van der Waals surface area contributed by atoms with Gasteiger partial charge in [-0.1, -0.05) is 26.2 Å². The first kappa shape index (κ1) is 19.2. The topological polar surface area (TPSA) is 134 Å². The van der Waals surface area contributed by atoms with Gasteiger partial charge in [-0.15, -0.1) is 0 Å². The molecular formula is C9H22O8P2. The summed E-state index contributed by atoms with van der Waals surface area (Å²) in [5.41, 5.74) is 0. The summed E-state index contributed by atoms with van der Waals surface area (Å²) in [6, 6.07) is 0. The molecule has 0 fully saturated rings. The normalized spacial score (nSPS) is 14.6. The molecule has 0 amide bonds. The third kappa shape index (κ3) is 14.4. The summed E-state index contributed by atoms with van der Waals surface area (Å²) in [5, 5.41) is 0. The minimum absolute atomic E-state index is 0.0396. The Morgan fingerprint density at radius 1 is 0.947 bits per heavy atom. The number of hydrogen-bond acceptors (Lipinski definition) is 4. The quantitative estimate of drug-likeness (QED) is 0.335. The number of phosphoric acid groups is 2. The van der Waals surface area contributed by atoms with Crippen LogP contribution in [0.4, 0.5) is 0 Å². The molecular weight excluding hydrogens is 298 g/mol. The summed E-state index contributed by atoms with van der Waals surface area (Å²) in [7, 11) is -8.86. The summed E-state index contributed by atoms with van der Waals surface area (Å²) < 4.78 is 30.0. The lowest BCUT2D eigenvalue weighted by molar-refractivity contribution is 0.116. The fourth-order valence-electron chi connectivity index (χ4n) is 1.60. The second-order valence-electron chi connectivity index (χ2n) is 4.18. The molecule has 10 heteroatoms. The summed E-state index contributed by atoms with van der Waals surface area (Å²) in [6.45, 7) is 1.85. The van der Waals surface area contributed by atoms with E-state index in [1.807, 2.05) is 6.92 Å². The van der Waals surface area contributed by atoms with E-state index in [1.165, 1.54) is 0 Å². The fourth-order valence-corrected chi connectivity index (χ4v) is 2.57. The van der Waals surface area contributed by atoms with Gasteiger partial charge in [0.1, 0.15) is 0 Å². The average Bonchev–Trinajstić information content (AvgIpc) is 2.19. The van der Waals surface area contributed by atoms with Gasteiger partial charge < -0.3 is 19.6 Å². The highest BCUT2D eigenvalue weighted by Crippen LogP contribution is 2.39. The Morgan fingerprint density at radius 2 is 1.58 bits per heavy atom. The molecule has 0 saturated heterocycles. The predicted molar refractivity (Wildman–Crippen MR) is 68.3 cm³/mol. The molecule has 0 aliphatic rings. The van der Waals surface area contributed by atoms with Gasteiger partial charge in [-0.2, -0.15) is 0 Å². The van der Waals surface area contributed by atoms with E-state index < -0.39 is 21.7 Å². The Labute approximate surface area is 112 Å². The van der Waals surface area contributed by atoms with Crippen LogP contribution in [-0.2, 0) is 18.2 Å². The second kappa shape index (κ2) is 9.21. The molecule has 0 bridgehead atoms. The Morgan fingerprint density at radius 3 is 2.05 bits per heavy atom. The van der Waals surface area contributed by atoms with Gasteiger partial charge in [0.25, 0.3) is 0 Å². The molecule has 0 saturated carbocycles. The maximum absolute atomic E-state index is 10.7. The molecule has 0 rings (SSSR count). The molecule has 0 heterocycles. The first-order valence-corrected chi connectivity index (χ1v) is 9.14. The molecule has 1 atom stereocenters. The largest absolute Gasteiger partial charge is 0.469 e. The zero-order chi connectivity index (χ0) is 14.9. The van der Waals surface area contributed by atoms with Crippen molar-refractivity contribution in [2.45, 2.75) is 51.6 Å². The van der Waals surface area contributed by atoms with Crippen LogP contribution in [0.2, 0.25) is 0 Å². The van der Waals surface area contributed by atoms with Gasteiger partial charge in [0.15, 0.2) is 0 Å². The van der Waals surface area contributed by atoms with Crippen LogP contribution < -0.4 is 0 Å². The third-order valence-corrected chi connectivity index (χ3v) is 3.42. The van der Waals surface area contributed by atoms with Crippen LogP contribution in [0.1, 0.15) is 45.4 Å². The van der Waals surface area contributed by atoms with Crippen molar-refractivity contribution >= 4 is 15.6 Å². The molecule has 19 heavy (non-hydrogen) atoms. The zero-order valence-corrected chi connectivity index (χ0v) is 12.6. The molecule has 1 unspecified atom stereocenters. The molecule has 0 aliphatic carbocycles. The van der Waals surface area contributed by atoms with E-state index in [-0.39, 0.29) is 6.61 Å². The lowest BCUT2D eigenvalue weighted by atomic mass is 10.1. The van der Waals surface area contributed by atoms with E-state index in [1.54, 1.807) is 0 Å². The van der Waals surface area contributed by atoms with E-state index in [9.17, 15) is 9.13 Å². The van der Waals surface area contributed by atoms with Gasteiger partial charge >= 0.3 is 15.6 Å². The van der Waals surface area contributed by atoms with Crippen molar-refractivity contribution in [2.24, 2.45) is 0 Å². The van der Waals surface area contributed by atoms with E-state index in [0.29, 0.717) is 32.1 Å². The SMILES string of the molecule is CCCC(CCCCCOP(=O)(O)O)OP(=O)(O)O. The minimum Gasteiger partial charge on any atom is -0.303 e. The molecule has 0 aliphatic heterocycles. The molecule has 116 valence electrons. The van der Waals surface area contributed by atoms with E-state index in [0.717, 1.165) is 6.42 Å². The van der Waals surface area contributed by atoms with Gasteiger partial charge in [-0.3, -0.25) is 9.05 Å². The molecule has 0 aromatic heterocycles. The monoisotopic (exact) mass is 320 g/mol. The first-order chi connectivity index (χ1) is 8.64. The summed E-state index contributed by atoms with van der Waals surface area (Å²) >= 11 is 0. The molecule has 0 aromatic rings. The van der Waals surface area contributed by atoms with Crippen LogP contribution >= 0.6 is 15.6 Å². The Hall–Kier alpha value is 0.220. The minimum atomic E-state index is -4.46. The average molecular weight is 320 g/mol. The Bertz CT molecular complexity index is 322. The van der Waals surface area contributed by atoms with Crippen molar-refractivity contribution in [1.29, 1.82) is 0 Å². The van der Waals surface area contributed by atoms with Crippen molar-refractivity contribution in [1.82, 2.24) is 0 Å². The van der Waals surface area contributed by atoms with Gasteiger partial charge in [0.2, 0.25) is 0 Å². The number of hydrogen-bond donors (Lipinski definition) is 4. The fraction of sp³-hybridized carbons (Fsp3) is 1.00. The Kier molecular flexibility index (Phi) is 9.32. The van der Waals surface area contributed by atoms with Crippen LogP contribution in [0.25, 0.3) is 0 Å². The van der Waals surface area contributed by atoms with Crippen LogP contribution in [0.3, 0.4) is 0 Å². The maximum atomic E-state index is 10.7. The van der Waals surface area contributed by atoms with E-state index >= 15 is 0 Å².